The Morgan fingerprint density at radius 2 is 1.83 bits per heavy atom. The van der Waals surface area contributed by atoms with Crippen LogP contribution in [-0.4, -0.2) is 27.1 Å². The van der Waals surface area contributed by atoms with E-state index in [1.807, 2.05) is 6.07 Å². The third kappa shape index (κ3) is 4.19. The van der Waals surface area contributed by atoms with Crippen molar-refractivity contribution in [1.29, 1.82) is 0 Å². The Morgan fingerprint density at radius 3 is 2.62 bits per heavy atom. The van der Waals surface area contributed by atoms with Crippen molar-refractivity contribution in [2.45, 2.75) is 64.0 Å². The number of nitrogens with zero attached hydrogens (tertiary/aromatic N) is 3. The fraction of sp³-hybridized carbons (Fsp3) is 0.556. The molecule has 1 saturated carbocycles. The molecule has 1 heterocycles. The first-order valence-electron chi connectivity index (χ1n) is 8.76. The zero-order valence-corrected chi connectivity index (χ0v) is 13.8. The summed E-state index contributed by atoms with van der Waals surface area (Å²) in [5.74, 6) is -0.262. The molecule has 1 fully saturated rings. The Balaban J connectivity index is 1.58. The molecule has 1 aromatic heterocycles. The molecule has 1 aliphatic carbocycles. The van der Waals surface area contributed by atoms with Crippen molar-refractivity contribution < 1.29 is 9.53 Å². The second-order valence-corrected chi connectivity index (χ2v) is 6.34. The lowest BCUT2D eigenvalue weighted by atomic mass is 9.98. The van der Waals surface area contributed by atoms with Crippen LogP contribution in [0.25, 0.3) is 10.9 Å². The molecule has 0 bridgehead atoms. The van der Waals surface area contributed by atoms with Crippen LogP contribution in [0.1, 0.15) is 51.4 Å². The number of hydrogen-bond acceptors (Lipinski definition) is 5. The molecule has 6 heteroatoms. The van der Waals surface area contributed by atoms with Crippen LogP contribution in [0.4, 0.5) is 0 Å². The van der Waals surface area contributed by atoms with Gasteiger partial charge in [0.2, 0.25) is 0 Å². The van der Waals surface area contributed by atoms with Gasteiger partial charge in [-0.3, -0.25) is 9.59 Å². The van der Waals surface area contributed by atoms with Crippen molar-refractivity contribution in [2.24, 2.45) is 0 Å². The highest BCUT2D eigenvalue weighted by Crippen LogP contribution is 2.19. The van der Waals surface area contributed by atoms with Crippen molar-refractivity contribution in [3.05, 3.63) is 34.6 Å². The molecule has 6 nitrogen and oxygen atoms in total. The number of carbonyl (C=O) groups excluding carboxylic acids is 1. The first-order valence-corrected chi connectivity index (χ1v) is 8.76. The number of hydrogen-bond donors (Lipinski definition) is 0. The molecule has 0 N–H and O–H groups in total. The first kappa shape index (κ1) is 16.6. The van der Waals surface area contributed by atoms with Crippen LogP contribution in [0.2, 0.25) is 0 Å². The molecule has 24 heavy (non-hydrogen) atoms. The molecule has 2 aromatic rings. The summed E-state index contributed by atoms with van der Waals surface area (Å²) in [5.41, 5.74) is 0.343. The molecule has 0 unspecified atom stereocenters. The number of carbonyl (C=O) groups is 1. The second kappa shape index (κ2) is 8.04. The van der Waals surface area contributed by atoms with Gasteiger partial charge in [-0.05, 0) is 37.8 Å². The summed E-state index contributed by atoms with van der Waals surface area (Å²) < 4.78 is 6.81. The highest BCUT2D eigenvalue weighted by atomic mass is 16.5. The van der Waals surface area contributed by atoms with Gasteiger partial charge in [-0.2, -0.15) is 0 Å². The van der Waals surface area contributed by atoms with Gasteiger partial charge >= 0.3 is 5.97 Å². The van der Waals surface area contributed by atoms with E-state index < -0.39 is 0 Å². The van der Waals surface area contributed by atoms with Gasteiger partial charge in [-0.25, -0.2) is 4.68 Å². The topological polar surface area (TPSA) is 74.1 Å². The number of fused-ring (bicyclic) bond motifs is 1. The fourth-order valence-corrected chi connectivity index (χ4v) is 3.15. The molecule has 0 amide bonds. The normalized spacial score (nSPS) is 16.5. The van der Waals surface area contributed by atoms with Gasteiger partial charge in [0.25, 0.3) is 5.56 Å². The van der Waals surface area contributed by atoms with Gasteiger partial charge in [0, 0.05) is 0 Å². The lowest BCUT2D eigenvalue weighted by Crippen LogP contribution is -2.27. The summed E-state index contributed by atoms with van der Waals surface area (Å²) >= 11 is 0. The van der Waals surface area contributed by atoms with E-state index in [-0.39, 0.29) is 30.6 Å². The van der Waals surface area contributed by atoms with E-state index >= 15 is 0 Å². The predicted octanol–water partition coefficient (Wildman–Crippen LogP) is 2.84. The van der Waals surface area contributed by atoms with E-state index in [1.165, 1.54) is 23.9 Å². The van der Waals surface area contributed by atoms with Crippen LogP contribution in [-0.2, 0) is 16.1 Å². The van der Waals surface area contributed by atoms with Crippen LogP contribution >= 0.6 is 0 Å². The average Bonchev–Trinajstić information content (AvgIpc) is 2.57. The quantitative estimate of drug-likeness (QED) is 0.806. The van der Waals surface area contributed by atoms with Crippen LogP contribution < -0.4 is 5.56 Å². The number of aryl methyl sites for hydroxylation is 1. The number of esters is 1. The standard InChI is InChI=1S/C18H23N3O3/c22-17(24-14-8-4-2-1-3-5-9-14)12-13-21-18(23)15-10-6-7-11-16(15)19-20-21/h6-7,10-11,14H,1-5,8-9,12-13H2. The van der Waals surface area contributed by atoms with Gasteiger partial charge < -0.3 is 4.74 Å². The molecular formula is C18H23N3O3. The Hall–Kier alpha value is -2.24. The molecule has 128 valence electrons. The molecule has 0 spiro atoms. The molecule has 3 rings (SSSR count). The maximum absolute atomic E-state index is 12.3. The van der Waals surface area contributed by atoms with Gasteiger partial charge in [-0.1, -0.05) is 36.6 Å². The lowest BCUT2D eigenvalue weighted by Gasteiger charge is -2.20. The zero-order valence-electron chi connectivity index (χ0n) is 13.8. The van der Waals surface area contributed by atoms with Crippen molar-refractivity contribution in [3.8, 4) is 0 Å². The zero-order chi connectivity index (χ0) is 16.8. The summed E-state index contributed by atoms with van der Waals surface area (Å²) in [6.45, 7) is 0.197. The van der Waals surface area contributed by atoms with Gasteiger partial charge in [0.15, 0.2) is 0 Å². The maximum atomic E-state index is 12.3. The van der Waals surface area contributed by atoms with E-state index in [0.29, 0.717) is 10.9 Å². The maximum Gasteiger partial charge on any atom is 0.307 e. The van der Waals surface area contributed by atoms with Gasteiger partial charge in [0.1, 0.15) is 11.6 Å². The second-order valence-electron chi connectivity index (χ2n) is 6.34. The minimum absolute atomic E-state index is 0.0252. The fourth-order valence-electron chi connectivity index (χ4n) is 3.15. The highest BCUT2D eigenvalue weighted by molar-refractivity contribution is 5.76. The summed E-state index contributed by atoms with van der Waals surface area (Å²) in [6.07, 6.45) is 8.02. The van der Waals surface area contributed by atoms with Crippen LogP contribution in [0.3, 0.4) is 0 Å². The largest absolute Gasteiger partial charge is 0.462 e. The number of ether oxygens (including phenoxy) is 1. The van der Waals surface area contributed by atoms with Crippen molar-refractivity contribution in [3.63, 3.8) is 0 Å². The van der Waals surface area contributed by atoms with Gasteiger partial charge in [-0.15, -0.1) is 5.10 Å². The Kier molecular flexibility index (Phi) is 5.56. The number of rotatable bonds is 4. The van der Waals surface area contributed by atoms with E-state index in [0.717, 1.165) is 25.7 Å². The molecule has 0 radical (unpaired) electrons. The minimum atomic E-state index is -0.262. The molecule has 1 aromatic carbocycles. The van der Waals surface area contributed by atoms with Crippen molar-refractivity contribution >= 4 is 16.9 Å². The Labute approximate surface area is 140 Å². The average molecular weight is 329 g/mol. The summed E-state index contributed by atoms with van der Waals surface area (Å²) in [7, 11) is 0. The summed E-state index contributed by atoms with van der Waals surface area (Å²) in [4.78, 5) is 24.4. The van der Waals surface area contributed by atoms with Gasteiger partial charge in [0.05, 0.1) is 18.4 Å². The van der Waals surface area contributed by atoms with Crippen molar-refractivity contribution in [1.82, 2.24) is 15.0 Å². The van der Waals surface area contributed by atoms with E-state index in [1.54, 1.807) is 18.2 Å². The molecule has 0 saturated heterocycles. The van der Waals surface area contributed by atoms with Crippen LogP contribution in [0.5, 0.6) is 0 Å². The first-order chi connectivity index (χ1) is 11.7. The molecule has 0 aliphatic heterocycles. The monoisotopic (exact) mass is 329 g/mol. The molecule has 0 atom stereocenters. The lowest BCUT2D eigenvalue weighted by molar-refractivity contribution is -0.150. The highest BCUT2D eigenvalue weighted by Gasteiger charge is 2.16. The van der Waals surface area contributed by atoms with Crippen LogP contribution in [0.15, 0.2) is 29.1 Å². The minimum Gasteiger partial charge on any atom is -0.462 e. The Bertz CT molecular complexity index is 749. The molecule has 1 aliphatic rings. The third-order valence-corrected chi connectivity index (χ3v) is 4.51. The molecular weight excluding hydrogens is 306 g/mol. The smallest absolute Gasteiger partial charge is 0.307 e. The predicted molar refractivity (Wildman–Crippen MR) is 90.6 cm³/mol. The summed E-state index contributed by atoms with van der Waals surface area (Å²) in [6, 6.07) is 7.07. The van der Waals surface area contributed by atoms with E-state index in [2.05, 4.69) is 10.3 Å². The number of aromatic nitrogens is 3. The number of benzene rings is 1. The third-order valence-electron chi connectivity index (χ3n) is 4.51. The van der Waals surface area contributed by atoms with Crippen molar-refractivity contribution in [2.75, 3.05) is 0 Å². The van der Waals surface area contributed by atoms with E-state index in [9.17, 15) is 9.59 Å². The van der Waals surface area contributed by atoms with E-state index in [4.69, 9.17) is 4.74 Å². The summed E-state index contributed by atoms with van der Waals surface area (Å²) in [5, 5.41) is 8.43. The Morgan fingerprint density at radius 1 is 1.12 bits per heavy atom. The SMILES string of the molecule is O=C(CCn1nnc2ccccc2c1=O)OC1CCCCCCC1. The van der Waals surface area contributed by atoms with Crippen LogP contribution in [0, 0.1) is 0 Å².